The van der Waals surface area contributed by atoms with E-state index in [1.807, 2.05) is 30.3 Å². The minimum absolute atomic E-state index is 0.300. The van der Waals surface area contributed by atoms with Crippen LogP contribution in [-0.4, -0.2) is 13.1 Å². The first-order valence-electron chi connectivity index (χ1n) is 5.95. The van der Waals surface area contributed by atoms with Crippen LogP contribution in [0.25, 0.3) is 21.2 Å². The van der Waals surface area contributed by atoms with Crippen LogP contribution in [0.4, 0.5) is 0 Å². The van der Waals surface area contributed by atoms with Crippen LogP contribution < -0.4 is 0 Å². The number of rotatable bonds is 2. The second kappa shape index (κ2) is 4.86. The summed E-state index contributed by atoms with van der Waals surface area (Å²) in [6.45, 7) is 0. The Labute approximate surface area is 115 Å². The van der Waals surface area contributed by atoms with Gasteiger partial charge in [0.15, 0.2) is 0 Å². The van der Waals surface area contributed by atoms with E-state index in [9.17, 15) is 4.79 Å². The van der Waals surface area contributed by atoms with Gasteiger partial charge in [-0.25, -0.2) is 4.79 Å². The van der Waals surface area contributed by atoms with Gasteiger partial charge in [-0.15, -0.1) is 11.3 Å². The van der Waals surface area contributed by atoms with E-state index < -0.39 is 0 Å². The Morgan fingerprint density at radius 3 is 2.58 bits per heavy atom. The third-order valence-corrected chi connectivity index (χ3v) is 4.07. The van der Waals surface area contributed by atoms with Crippen molar-refractivity contribution in [2.75, 3.05) is 7.11 Å². The van der Waals surface area contributed by atoms with Crippen molar-refractivity contribution in [3.63, 3.8) is 0 Å². The molecule has 0 aliphatic rings. The zero-order valence-electron chi connectivity index (χ0n) is 10.4. The SMILES string of the molecule is COC(=O)c1ccccc1-c1csc2ccccc12. The van der Waals surface area contributed by atoms with Crippen molar-refractivity contribution in [3.8, 4) is 11.1 Å². The molecule has 0 spiro atoms. The molecule has 0 fully saturated rings. The van der Waals surface area contributed by atoms with Gasteiger partial charge in [-0.05, 0) is 23.1 Å². The Balaban J connectivity index is 2.25. The maximum atomic E-state index is 11.8. The number of carbonyl (C=O) groups is 1. The van der Waals surface area contributed by atoms with Gasteiger partial charge >= 0.3 is 5.97 Å². The quantitative estimate of drug-likeness (QED) is 0.646. The molecule has 0 aliphatic carbocycles. The first-order valence-corrected chi connectivity index (χ1v) is 6.83. The molecule has 0 bridgehead atoms. The summed E-state index contributed by atoms with van der Waals surface area (Å²) in [5.41, 5.74) is 2.61. The van der Waals surface area contributed by atoms with Crippen molar-refractivity contribution in [2.45, 2.75) is 0 Å². The number of hydrogen-bond acceptors (Lipinski definition) is 3. The fourth-order valence-corrected chi connectivity index (χ4v) is 3.15. The number of thiophene rings is 1. The second-order valence-electron chi connectivity index (χ2n) is 4.18. The van der Waals surface area contributed by atoms with E-state index in [0.29, 0.717) is 5.56 Å². The molecular formula is C16H12O2S. The average Bonchev–Trinajstić information content (AvgIpc) is 2.90. The summed E-state index contributed by atoms with van der Waals surface area (Å²) in [7, 11) is 1.41. The van der Waals surface area contributed by atoms with Crippen molar-refractivity contribution in [2.24, 2.45) is 0 Å². The highest BCUT2D eigenvalue weighted by atomic mass is 32.1. The van der Waals surface area contributed by atoms with Gasteiger partial charge in [0.2, 0.25) is 0 Å². The number of fused-ring (bicyclic) bond motifs is 1. The first kappa shape index (κ1) is 11.9. The van der Waals surface area contributed by atoms with Crippen LogP contribution in [0.15, 0.2) is 53.9 Å². The highest BCUT2D eigenvalue weighted by Crippen LogP contribution is 2.35. The van der Waals surface area contributed by atoms with Crippen LogP contribution in [0.1, 0.15) is 10.4 Å². The molecule has 0 amide bonds. The number of hydrogen-bond donors (Lipinski definition) is 0. The molecule has 2 aromatic carbocycles. The van der Waals surface area contributed by atoms with Crippen LogP contribution in [0.5, 0.6) is 0 Å². The van der Waals surface area contributed by atoms with Crippen LogP contribution >= 0.6 is 11.3 Å². The molecule has 2 nitrogen and oxygen atoms in total. The molecule has 0 aliphatic heterocycles. The van der Waals surface area contributed by atoms with E-state index in [1.54, 1.807) is 17.4 Å². The smallest absolute Gasteiger partial charge is 0.338 e. The summed E-state index contributed by atoms with van der Waals surface area (Å²) in [5, 5.41) is 3.26. The topological polar surface area (TPSA) is 26.3 Å². The zero-order valence-corrected chi connectivity index (χ0v) is 11.2. The summed E-state index contributed by atoms with van der Waals surface area (Å²) in [4.78, 5) is 11.8. The number of esters is 1. The monoisotopic (exact) mass is 268 g/mol. The predicted molar refractivity (Wildman–Crippen MR) is 78.6 cm³/mol. The molecule has 0 atom stereocenters. The molecule has 3 aromatic rings. The predicted octanol–water partition coefficient (Wildman–Crippen LogP) is 4.35. The van der Waals surface area contributed by atoms with Crippen molar-refractivity contribution in [1.29, 1.82) is 0 Å². The van der Waals surface area contributed by atoms with Crippen molar-refractivity contribution in [1.82, 2.24) is 0 Å². The van der Waals surface area contributed by atoms with Gasteiger partial charge in [0.25, 0.3) is 0 Å². The van der Waals surface area contributed by atoms with Gasteiger partial charge in [0, 0.05) is 15.6 Å². The fraction of sp³-hybridized carbons (Fsp3) is 0.0625. The van der Waals surface area contributed by atoms with Crippen LogP contribution in [0, 0.1) is 0 Å². The molecule has 1 aromatic heterocycles. The Morgan fingerprint density at radius 2 is 1.74 bits per heavy atom. The standard InChI is InChI=1S/C16H12O2S/c1-18-16(17)13-8-3-2-6-11(13)14-10-19-15-9-5-4-7-12(14)15/h2-10H,1H3. The molecule has 1 heterocycles. The zero-order chi connectivity index (χ0) is 13.2. The second-order valence-corrected chi connectivity index (χ2v) is 5.09. The molecular weight excluding hydrogens is 256 g/mol. The van der Waals surface area contributed by atoms with Crippen molar-refractivity contribution < 1.29 is 9.53 Å². The third-order valence-electron chi connectivity index (χ3n) is 3.10. The van der Waals surface area contributed by atoms with Gasteiger partial charge in [0.05, 0.1) is 12.7 Å². The van der Waals surface area contributed by atoms with Crippen LogP contribution in [0.3, 0.4) is 0 Å². The maximum Gasteiger partial charge on any atom is 0.338 e. The molecule has 3 rings (SSSR count). The number of carbonyl (C=O) groups excluding carboxylic acids is 1. The molecule has 0 radical (unpaired) electrons. The van der Waals surface area contributed by atoms with Crippen LogP contribution in [-0.2, 0) is 4.74 Å². The lowest BCUT2D eigenvalue weighted by Gasteiger charge is -2.06. The lowest BCUT2D eigenvalue weighted by molar-refractivity contribution is 0.0601. The minimum atomic E-state index is -0.300. The Hall–Kier alpha value is -2.13. The fourth-order valence-electron chi connectivity index (χ4n) is 2.19. The minimum Gasteiger partial charge on any atom is -0.465 e. The van der Waals surface area contributed by atoms with Crippen molar-refractivity contribution >= 4 is 27.4 Å². The Bertz CT molecular complexity index is 743. The number of methoxy groups -OCH3 is 1. The van der Waals surface area contributed by atoms with E-state index in [0.717, 1.165) is 11.1 Å². The van der Waals surface area contributed by atoms with Gasteiger partial charge in [-0.1, -0.05) is 36.4 Å². The summed E-state index contributed by atoms with van der Waals surface area (Å²) < 4.78 is 6.07. The number of benzene rings is 2. The average molecular weight is 268 g/mol. The third kappa shape index (κ3) is 2.02. The number of ether oxygens (including phenoxy) is 1. The van der Waals surface area contributed by atoms with Gasteiger partial charge in [-0.3, -0.25) is 0 Å². The van der Waals surface area contributed by atoms with E-state index >= 15 is 0 Å². The lowest BCUT2D eigenvalue weighted by atomic mass is 9.99. The summed E-state index contributed by atoms with van der Waals surface area (Å²) in [5.74, 6) is -0.300. The molecule has 3 heteroatoms. The summed E-state index contributed by atoms with van der Waals surface area (Å²) in [6.07, 6.45) is 0. The Kier molecular flexibility index (Phi) is 3.05. The maximum absolute atomic E-state index is 11.8. The molecule has 19 heavy (non-hydrogen) atoms. The molecule has 94 valence electrons. The van der Waals surface area contributed by atoms with Crippen molar-refractivity contribution in [3.05, 3.63) is 59.5 Å². The van der Waals surface area contributed by atoms with Gasteiger partial charge in [-0.2, -0.15) is 0 Å². The van der Waals surface area contributed by atoms with E-state index in [-0.39, 0.29) is 5.97 Å². The van der Waals surface area contributed by atoms with Gasteiger partial charge in [0.1, 0.15) is 0 Å². The normalized spacial score (nSPS) is 10.6. The molecule has 0 saturated carbocycles. The molecule has 0 saturated heterocycles. The summed E-state index contributed by atoms with van der Waals surface area (Å²) >= 11 is 1.68. The molecule has 0 N–H and O–H groups in total. The van der Waals surface area contributed by atoms with Crippen LogP contribution in [0.2, 0.25) is 0 Å². The van der Waals surface area contributed by atoms with E-state index in [2.05, 4.69) is 17.5 Å². The first-order chi connectivity index (χ1) is 9.31. The lowest BCUT2D eigenvalue weighted by Crippen LogP contribution is -2.02. The highest BCUT2D eigenvalue weighted by molar-refractivity contribution is 7.17. The van der Waals surface area contributed by atoms with Gasteiger partial charge < -0.3 is 4.74 Å². The highest BCUT2D eigenvalue weighted by Gasteiger charge is 2.15. The summed E-state index contributed by atoms with van der Waals surface area (Å²) in [6, 6.07) is 15.8. The molecule has 0 unspecified atom stereocenters. The van der Waals surface area contributed by atoms with E-state index in [4.69, 9.17) is 4.74 Å². The largest absolute Gasteiger partial charge is 0.465 e. The van der Waals surface area contributed by atoms with E-state index in [1.165, 1.54) is 17.2 Å². The Morgan fingerprint density at radius 1 is 1.00 bits per heavy atom.